The second kappa shape index (κ2) is 4.46. The summed E-state index contributed by atoms with van der Waals surface area (Å²) in [4.78, 5) is 6.67. The number of nitrogens with zero attached hydrogens (tertiary/aromatic N) is 3. The van der Waals surface area contributed by atoms with Gasteiger partial charge in [0.05, 0.1) is 12.6 Å². The number of hydrogen-bond donors (Lipinski definition) is 1. The van der Waals surface area contributed by atoms with Crippen LogP contribution in [-0.4, -0.2) is 21.2 Å². The van der Waals surface area contributed by atoms with Crippen LogP contribution in [0.5, 0.6) is 0 Å². The average Bonchev–Trinajstić information content (AvgIpc) is 2.86. The summed E-state index contributed by atoms with van der Waals surface area (Å²) in [6.45, 7) is 4.61. The fraction of sp³-hybridized carbons (Fsp3) is 0.357. The first-order valence-corrected chi connectivity index (χ1v) is 6.27. The van der Waals surface area contributed by atoms with Crippen LogP contribution >= 0.6 is 0 Å². The minimum Gasteiger partial charge on any atom is -0.389 e. The molecule has 1 aromatic carbocycles. The number of fused-ring (bicyclic) bond motifs is 1. The molecule has 1 aliphatic heterocycles. The molecule has 0 aliphatic carbocycles. The fourth-order valence-electron chi connectivity index (χ4n) is 2.36. The Hall–Kier alpha value is -1.81. The van der Waals surface area contributed by atoms with Crippen LogP contribution in [0, 0.1) is 0 Å². The van der Waals surface area contributed by atoms with Crippen LogP contribution in [0.25, 0.3) is 0 Å². The van der Waals surface area contributed by atoms with Crippen molar-refractivity contribution in [3.05, 3.63) is 48.0 Å². The van der Waals surface area contributed by atoms with Crippen molar-refractivity contribution in [1.82, 2.24) is 9.55 Å². The van der Waals surface area contributed by atoms with Gasteiger partial charge < -0.3 is 14.6 Å². The van der Waals surface area contributed by atoms with Gasteiger partial charge in [-0.25, -0.2) is 4.98 Å². The van der Waals surface area contributed by atoms with E-state index in [1.165, 1.54) is 5.69 Å². The number of aliphatic hydroxyl groups excluding tert-OH is 1. The fourth-order valence-corrected chi connectivity index (χ4v) is 2.36. The molecule has 1 unspecified atom stereocenters. The summed E-state index contributed by atoms with van der Waals surface area (Å²) in [5, 5.41) is 9.50. The Morgan fingerprint density at radius 1 is 1.22 bits per heavy atom. The number of hydrogen-bond acceptors (Lipinski definition) is 3. The second-order valence-corrected chi connectivity index (χ2v) is 4.73. The molecule has 0 saturated heterocycles. The molecule has 1 aromatic heterocycles. The first-order valence-electron chi connectivity index (χ1n) is 6.27. The Morgan fingerprint density at radius 2 is 2.00 bits per heavy atom. The van der Waals surface area contributed by atoms with Gasteiger partial charge in [-0.15, -0.1) is 0 Å². The number of rotatable bonds is 2. The zero-order chi connectivity index (χ0) is 12.5. The Bertz CT molecular complexity index is 530. The van der Waals surface area contributed by atoms with Crippen molar-refractivity contribution in [3.8, 4) is 0 Å². The molecule has 1 N–H and O–H groups in total. The van der Waals surface area contributed by atoms with Gasteiger partial charge in [0.25, 0.3) is 0 Å². The zero-order valence-electron chi connectivity index (χ0n) is 10.5. The van der Waals surface area contributed by atoms with Gasteiger partial charge in [-0.2, -0.15) is 0 Å². The summed E-state index contributed by atoms with van der Waals surface area (Å²) in [6.07, 6.45) is 3.48. The van der Waals surface area contributed by atoms with Crippen molar-refractivity contribution in [2.24, 2.45) is 0 Å². The SMILES string of the molecule is CC(O)c1ccc(N2CCn3ccnc3C2)cc1. The molecule has 94 valence electrons. The number of aromatic nitrogens is 2. The van der Waals surface area contributed by atoms with E-state index in [9.17, 15) is 5.11 Å². The van der Waals surface area contributed by atoms with Crippen LogP contribution in [-0.2, 0) is 13.1 Å². The number of aliphatic hydroxyl groups is 1. The predicted molar refractivity (Wildman–Crippen MR) is 70.4 cm³/mol. The lowest BCUT2D eigenvalue weighted by Crippen LogP contribution is -2.33. The smallest absolute Gasteiger partial charge is 0.128 e. The molecule has 2 heterocycles. The summed E-state index contributed by atoms with van der Waals surface area (Å²) in [5.74, 6) is 1.11. The lowest BCUT2D eigenvalue weighted by Gasteiger charge is -2.29. The van der Waals surface area contributed by atoms with Crippen LogP contribution < -0.4 is 4.90 Å². The number of anilines is 1. The third-order valence-electron chi connectivity index (χ3n) is 3.49. The van der Waals surface area contributed by atoms with Crippen LogP contribution in [0.15, 0.2) is 36.7 Å². The normalized spacial score (nSPS) is 16.4. The lowest BCUT2D eigenvalue weighted by molar-refractivity contribution is 0.199. The molecule has 4 heteroatoms. The van der Waals surface area contributed by atoms with Gasteiger partial charge in [-0.1, -0.05) is 12.1 Å². The summed E-state index contributed by atoms with van der Waals surface area (Å²) < 4.78 is 2.20. The largest absolute Gasteiger partial charge is 0.389 e. The molecule has 2 aromatic rings. The third kappa shape index (κ3) is 1.99. The van der Waals surface area contributed by atoms with E-state index in [-0.39, 0.29) is 0 Å². The highest BCUT2D eigenvalue weighted by Crippen LogP contribution is 2.22. The molecule has 0 saturated carbocycles. The maximum atomic E-state index is 9.50. The molecule has 1 aliphatic rings. The van der Waals surface area contributed by atoms with Gasteiger partial charge in [0.1, 0.15) is 5.82 Å². The van der Waals surface area contributed by atoms with Gasteiger partial charge in [0.2, 0.25) is 0 Å². The highest BCUT2D eigenvalue weighted by molar-refractivity contribution is 5.48. The van der Waals surface area contributed by atoms with Gasteiger partial charge >= 0.3 is 0 Å². The third-order valence-corrected chi connectivity index (χ3v) is 3.49. The van der Waals surface area contributed by atoms with Crippen LogP contribution in [0.3, 0.4) is 0 Å². The number of benzene rings is 1. The number of imidazole rings is 1. The molecular weight excluding hydrogens is 226 g/mol. The lowest BCUT2D eigenvalue weighted by atomic mass is 10.1. The minimum atomic E-state index is -0.403. The van der Waals surface area contributed by atoms with Crippen LogP contribution in [0.2, 0.25) is 0 Å². The van der Waals surface area contributed by atoms with Crippen molar-refractivity contribution in [1.29, 1.82) is 0 Å². The Labute approximate surface area is 107 Å². The van der Waals surface area contributed by atoms with E-state index in [2.05, 4.69) is 26.6 Å². The highest BCUT2D eigenvalue weighted by atomic mass is 16.3. The Balaban J connectivity index is 1.80. The van der Waals surface area contributed by atoms with E-state index in [1.54, 1.807) is 6.92 Å². The molecule has 4 nitrogen and oxygen atoms in total. The minimum absolute atomic E-state index is 0.403. The van der Waals surface area contributed by atoms with Gasteiger partial charge in [-0.05, 0) is 24.6 Å². The highest BCUT2D eigenvalue weighted by Gasteiger charge is 2.16. The molecule has 1 atom stereocenters. The van der Waals surface area contributed by atoms with E-state index in [0.29, 0.717) is 0 Å². The maximum Gasteiger partial charge on any atom is 0.128 e. The standard InChI is InChI=1S/C14H17N3O/c1-11(18)12-2-4-13(5-3-12)17-9-8-16-7-6-15-14(16)10-17/h2-7,11,18H,8-10H2,1H3. The Morgan fingerprint density at radius 3 is 2.72 bits per heavy atom. The van der Waals surface area contributed by atoms with Crippen molar-refractivity contribution >= 4 is 5.69 Å². The van der Waals surface area contributed by atoms with E-state index in [4.69, 9.17) is 0 Å². The first kappa shape index (κ1) is 11.3. The monoisotopic (exact) mass is 243 g/mol. The predicted octanol–water partition coefficient (Wildman–Crippen LogP) is 1.96. The molecule has 0 radical (unpaired) electrons. The van der Waals surface area contributed by atoms with Crippen LogP contribution in [0.4, 0.5) is 5.69 Å². The average molecular weight is 243 g/mol. The topological polar surface area (TPSA) is 41.3 Å². The maximum absolute atomic E-state index is 9.50. The van der Waals surface area contributed by atoms with Gasteiger partial charge in [0, 0.05) is 31.2 Å². The summed E-state index contributed by atoms with van der Waals surface area (Å²) >= 11 is 0. The van der Waals surface area contributed by atoms with Gasteiger partial charge in [0.15, 0.2) is 0 Å². The molecule has 18 heavy (non-hydrogen) atoms. The molecule has 0 bridgehead atoms. The molecule has 0 fully saturated rings. The molecule has 0 spiro atoms. The summed E-state index contributed by atoms with van der Waals surface area (Å²) in [5.41, 5.74) is 2.14. The van der Waals surface area contributed by atoms with Crippen molar-refractivity contribution < 1.29 is 5.11 Å². The van der Waals surface area contributed by atoms with E-state index >= 15 is 0 Å². The van der Waals surface area contributed by atoms with Gasteiger partial charge in [-0.3, -0.25) is 0 Å². The summed E-state index contributed by atoms with van der Waals surface area (Å²) in [6, 6.07) is 8.11. The molecule has 3 rings (SSSR count). The summed E-state index contributed by atoms with van der Waals surface area (Å²) in [7, 11) is 0. The van der Waals surface area contributed by atoms with Crippen molar-refractivity contribution in [3.63, 3.8) is 0 Å². The zero-order valence-corrected chi connectivity index (χ0v) is 10.5. The van der Waals surface area contributed by atoms with E-state index < -0.39 is 6.10 Å². The quantitative estimate of drug-likeness (QED) is 0.876. The van der Waals surface area contributed by atoms with Crippen molar-refractivity contribution in [2.75, 3.05) is 11.4 Å². The van der Waals surface area contributed by atoms with Crippen molar-refractivity contribution in [2.45, 2.75) is 26.1 Å². The molecular formula is C14H17N3O. The van der Waals surface area contributed by atoms with Crippen LogP contribution in [0.1, 0.15) is 24.4 Å². The van der Waals surface area contributed by atoms with E-state index in [1.807, 2.05) is 24.5 Å². The molecule has 0 amide bonds. The first-order chi connectivity index (χ1) is 8.74. The Kier molecular flexibility index (Phi) is 2.80. The van der Waals surface area contributed by atoms with E-state index in [0.717, 1.165) is 31.0 Å². The second-order valence-electron chi connectivity index (χ2n) is 4.73.